The number of hydrogen-bond acceptors (Lipinski definition) is 4. The van der Waals surface area contributed by atoms with Gasteiger partial charge < -0.3 is 20.3 Å². The number of thioether (sulfide) groups is 1. The highest BCUT2D eigenvalue weighted by Crippen LogP contribution is 2.28. The molecule has 2 amide bonds. The number of allylic oxidation sites excluding steroid dienone is 1. The molecule has 1 aliphatic heterocycles. The third-order valence-corrected chi connectivity index (χ3v) is 8.28. The van der Waals surface area contributed by atoms with Crippen molar-refractivity contribution < 1.29 is 9.53 Å². The molecule has 7 heteroatoms. The second-order valence-electron chi connectivity index (χ2n) is 10.4. The number of urea groups is 1. The molecule has 0 fully saturated rings. The van der Waals surface area contributed by atoms with E-state index in [1.54, 1.807) is 23.9 Å². The Morgan fingerprint density at radius 2 is 1.62 bits per heavy atom. The highest BCUT2D eigenvalue weighted by atomic mass is 35.5. The summed E-state index contributed by atoms with van der Waals surface area (Å²) < 4.78 is 5.89. The minimum atomic E-state index is -0.327. The van der Waals surface area contributed by atoms with Gasteiger partial charge in [0.15, 0.2) is 0 Å². The molecule has 5 nitrogen and oxygen atoms in total. The minimum absolute atomic E-state index is 0.327. The number of halogens is 1. The molecule has 0 bridgehead atoms. The first kappa shape index (κ1) is 31.2. The van der Waals surface area contributed by atoms with E-state index in [1.807, 2.05) is 24.3 Å². The maximum Gasteiger partial charge on any atom is 0.323 e. The number of ether oxygens (including phenoxy) is 1. The summed E-state index contributed by atoms with van der Waals surface area (Å²) >= 11 is 8.24. The second-order valence-corrected chi connectivity index (χ2v) is 11.6. The van der Waals surface area contributed by atoms with Crippen molar-refractivity contribution in [3.8, 4) is 5.75 Å². The smallest absolute Gasteiger partial charge is 0.323 e. The van der Waals surface area contributed by atoms with Crippen LogP contribution in [0.3, 0.4) is 0 Å². The summed E-state index contributed by atoms with van der Waals surface area (Å²) in [6, 6.07) is 13.0. The van der Waals surface area contributed by atoms with Crippen molar-refractivity contribution in [3.63, 3.8) is 0 Å². The number of carbonyl (C=O) groups excluding carboxylic acids is 1. The summed E-state index contributed by atoms with van der Waals surface area (Å²) in [5.41, 5.74) is 3.72. The summed E-state index contributed by atoms with van der Waals surface area (Å²) in [5, 5.41) is 8.39. The quantitative estimate of drug-likeness (QED) is 0.175. The lowest BCUT2D eigenvalue weighted by atomic mass is 10.1. The van der Waals surface area contributed by atoms with Crippen LogP contribution in [0, 0.1) is 0 Å². The zero-order valence-electron chi connectivity index (χ0n) is 23.8. The van der Waals surface area contributed by atoms with Gasteiger partial charge in [-0.2, -0.15) is 0 Å². The van der Waals surface area contributed by atoms with Crippen LogP contribution in [0.2, 0.25) is 5.02 Å². The first-order chi connectivity index (χ1) is 19.0. The summed E-state index contributed by atoms with van der Waals surface area (Å²) in [7, 11) is 0. The van der Waals surface area contributed by atoms with Crippen molar-refractivity contribution in [1.29, 1.82) is 0 Å². The summed E-state index contributed by atoms with van der Waals surface area (Å²) in [6.07, 6.45) is 15.9. The lowest BCUT2D eigenvalue weighted by Crippen LogP contribution is -2.20. The minimum Gasteiger partial charge on any atom is -0.494 e. The lowest BCUT2D eigenvalue weighted by Gasteiger charge is -2.19. The van der Waals surface area contributed by atoms with E-state index < -0.39 is 0 Å². The molecular formula is C32H46ClN3O2S. The fourth-order valence-electron chi connectivity index (χ4n) is 4.67. The Bertz CT molecular complexity index is 1050. The number of nitrogens with one attached hydrogen (secondary N) is 2. The number of amides is 2. The van der Waals surface area contributed by atoms with E-state index in [1.165, 1.54) is 76.3 Å². The highest BCUT2D eigenvalue weighted by Gasteiger charge is 2.13. The molecule has 1 aliphatic rings. The van der Waals surface area contributed by atoms with Crippen LogP contribution in [0.4, 0.5) is 16.2 Å². The summed E-state index contributed by atoms with van der Waals surface area (Å²) in [4.78, 5) is 14.9. The lowest BCUT2D eigenvalue weighted by molar-refractivity contribution is 0.262. The first-order valence-corrected chi connectivity index (χ1v) is 16.1. The van der Waals surface area contributed by atoms with Crippen LogP contribution in [0.25, 0.3) is 0 Å². The second kappa shape index (κ2) is 18.1. The van der Waals surface area contributed by atoms with Crippen LogP contribution in [0.1, 0.15) is 96.5 Å². The summed E-state index contributed by atoms with van der Waals surface area (Å²) in [5.74, 6) is 1.69. The van der Waals surface area contributed by atoms with Crippen LogP contribution in [0.5, 0.6) is 5.75 Å². The van der Waals surface area contributed by atoms with Crippen molar-refractivity contribution in [2.45, 2.75) is 97.4 Å². The van der Waals surface area contributed by atoms with Crippen molar-refractivity contribution in [1.82, 2.24) is 4.90 Å². The van der Waals surface area contributed by atoms with E-state index in [0.717, 1.165) is 35.8 Å². The Labute approximate surface area is 245 Å². The van der Waals surface area contributed by atoms with E-state index >= 15 is 0 Å². The number of rotatable bonds is 18. The van der Waals surface area contributed by atoms with Crippen molar-refractivity contribution in [2.75, 3.05) is 23.1 Å². The van der Waals surface area contributed by atoms with Gasteiger partial charge in [-0.1, -0.05) is 101 Å². The van der Waals surface area contributed by atoms with Gasteiger partial charge in [0.05, 0.1) is 23.2 Å². The predicted molar refractivity (Wildman–Crippen MR) is 169 cm³/mol. The van der Waals surface area contributed by atoms with Gasteiger partial charge in [-0.15, -0.1) is 11.8 Å². The highest BCUT2D eigenvalue weighted by molar-refractivity contribution is 8.02. The van der Waals surface area contributed by atoms with Crippen molar-refractivity contribution >= 4 is 40.8 Å². The molecule has 0 saturated carbocycles. The van der Waals surface area contributed by atoms with Crippen LogP contribution < -0.4 is 15.4 Å². The van der Waals surface area contributed by atoms with Crippen LogP contribution in [-0.4, -0.2) is 23.4 Å². The van der Waals surface area contributed by atoms with Gasteiger partial charge in [-0.3, -0.25) is 0 Å². The third kappa shape index (κ3) is 12.2. The number of benzene rings is 2. The topological polar surface area (TPSA) is 53.6 Å². The Hall–Kier alpha value is -2.31. The van der Waals surface area contributed by atoms with Gasteiger partial charge in [0.1, 0.15) is 5.75 Å². The van der Waals surface area contributed by atoms with Crippen LogP contribution >= 0.6 is 23.4 Å². The van der Waals surface area contributed by atoms with Crippen LogP contribution in [0.15, 0.2) is 53.6 Å². The molecule has 3 rings (SSSR count). The molecule has 1 heterocycles. The molecule has 0 aliphatic carbocycles. The molecule has 0 atom stereocenters. The van der Waals surface area contributed by atoms with Gasteiger partial charge in [0.25, 0.3) is 0 Å². The largest absolute Gasteiger partial charge is 0.494 e. The molecule has 2 aromatic carbocycles. The van der Waals surface area contributed by atoms with E-state index in [-0.39, 0.29) is 6.03 Å². The maximum atomic E-state index is 12.6. The van der Waals surface area contributed by atoms with E-state index in [9.17, 15) is 4.79 Å². The van der Waals surface area contributed by atoms with Crippen molar-refractivity contribution in [2.24, 2.45) is 0 Å². The molecule has 0 saturated heterocycles. The molecule has 0 aromatic heterocycles. The van der Waals surface area contributed by atoms with Gasteiger partial charge >= 0.3 is 6.03 Å². The first-order valence-electron chi connectivity index (χ1n) is 14.7. The van der Waals surface area contributed by atoms with E-state index in [2.05, 4.69) is 40.9 Å². The van der Waals surface area contributed by atoms with Gasteiger partial charge in [-0.25, -0.2) is 4.79 Å². The number of anilines is 2. The average Bonchev–Trinajstić information content (AvgIpc) is 3.32. The number of nitrogens with zero attached hydrogens (tertiary/aromatic N) is 1. The fraction of sp³-hybridized carbons (Fsp3) is 0.531. The predicted octanol–water partition coefficient (Wildman–Crippen LogP) is 10.4. The number of carbonyl (C=O) groups is 1. The Kier molecular flexibility index (Phi) is 14.5. The molecule has 214 valence electrons. The average molecular weight is 572 g/mol. The van der Waals surface area contributed by atoms with Gasteiger partial charge in [0, 0.05) is 24.0 Å². The van der Waals surface area contributed by atoms with Crippen molar-refractivity contribution in [3.05, 3.63) is 64.2 Å². The standard InChI is InChI=1S/C32H46ClN3O2S/c1-3-4-5-6-7-8-9-10-11-12-13-14-20-38-29-18-19-31(30(33)22-29)35-32(37)34-28-17-15-16-27(21-28)23-36-25-39-24-26(36)2/h15-19,21-22,24H,3-14,20,23,25H2,1-2H3,(H2,34,35,37). The molecule has 0 radical (unpaired) electrons. The zero-order valence-corrected chi connectivity index (χ0v) is 25.3. The zero-order chi connectivity index (χ0) is 27.7. The monoisotopic (exact) mass is 571 g/mol. The number of unbranched alkanes of at least 4 members (excludes halogenated alkanes) is 11. The third-order valence-electron chi connectivity index (χ3n) is 7.00. The fourth-order valence-corrected chi connectivity index (χ4v) is 5.82. The Balaban J connectivity index is 1.29. The Morgan fingerprint density at radius 1 is 0.923 bits per heavy atom. The van der Waals surface area contributed by atoms with E-state index in [4.69, 9.17) is 16.3 Å². The van der Waals surface area contributed by atoms with Gasteiger partial charge in [0.2, 0.25) is 0 Å². The molecule has 2 N–H and O–H groups in total. The normalized spacial score (nSPS) is 12.9. The van der Waals surface area contributed by atoms with Crippen LogP contribution in [-0.2, 0) is 6.54 Å². The maximum absolute atomic E-state index is 12.6. The molecular weight excluding hydrogens is 526 g/mol. The molecule has 0 spiro atoms. The molecule has 39 heavy (non-hydrogen) atoms. The molecule has 2 aromatic rings. The molecule has 0 unspecified atom stereocenters. The number of hydrogen-bond donors (Lipinski definition) is 2. The van der Waals surface area contributed by atoms with Gasteiger partial charge in [-0.05, 0) is 48.6 Å². The SMILES string of the molecule is CCCCCCCCCCCCCCOc1ccc(NC(=O)Nc2cccc(CN3CSC=C3C)c2)c(Cl)c1. The Morgan fingerprint density at radius 3 is 2.26 bits per heavy atom. The summed E-state index contributed by atoms with van der Waals surface area (Å²) in [6.45, 7) is 5.89. The van der Waals surface area contributed by atoms with E-state index in [0.29, 0.717) is 17.3 Å².